The molecule has 35 heavy (non-hydrogen) atoms. The predicted molar refractivity (Wildman–Crippen MR) is 137 cm³/mol. The first-order valence-electron chi connectivity index (χ1n) is 11.4. The summed E-state index contributed by atoms with van der Waals surface area (Å²) < 4.78 is 17.2. The number of hydrogen-bond donors (Lipinski definition) is 2. The van der Waals surface area contributed by atoms with Crippen molar-refractivity contribution in [1.82, 2.24) is 0 Å². The van der Waals surface area contributed by atoms with Gasteiger partial charge in [0.2, 0.25) is 0 Å². The molecule has 6 rings (SSSR count). The zero-order valence-electron chi connectivity index (χ0n) is 19.6. The maximum atomic E-state index is 11.2. The lowest BCUT2D eigenvalue weighted by atomic mass is 9.81. The molecule has 0 saturated heterocycles. The standard InChI is InChI=1S/C30H24O5/c1-33-19-10-4-16(5-11-19)26-29-22(34-2)14-8-17-6-12-20(31)27(24(17)29)28-21(32)13-7-18-9-15-23(35-3)30(26)25(18)28/h4-15,26,31-32H,1-3H3. The van der Waals surface area contributed by atoms with Gasteiger partial charge in [-0.05, 0) is 52.7 Å². The van der Waals surface area contributed by atoms with Gasteiger partial charge in [-0.2, -0.15) is 0 Å². The summed E-state index contributed by atoms with van der Waals surface area (Å²) in [6.45, 7) is 0. The smallest absolute Gasteiger partial charge is 0.124 e. The molecular weight excluding hydrogens is 440 g/mol. The van der Waals surface area contributed by atoms with Crippen molar-refractivity contribution in [3.8, 4) is 39.9 Å². The van der Waals surface area contributed by atoms with Gasteiger partial charge < -0.3 is 24.4 Å². The van der Waals surface area contributed by atoms with Gasteiger partial charge in [-0.15, -0.1) is 0 Å². The molecule has 0 heterocycles. The summed E-state index contributed by atoms with van der Waals surface area (Å²) in [5.41, 5.74) is 3.99. The molecule has 0 amide bonds. The van der Waals surface area contributed by atoms with Crippen molar-refractivity contribution in [3.05, 3.63) is 89.5 Å². The first-order chi connectivity index (χ1) is 17.1. The number of benzene rings is 5. The van der Waals surface area contributed by atoms with E-state index in [1.807, 2.05) is 60.7 Å². The topological polar surface area (TPSA) is 68.2 Å². The number of hydrogen-bond acceptors (Lipinski definition) is 5. The van der Waals surface area contributed by atoms with Gasteiger partial charge >= 0.3 is 0 Å². The van der Waals surface area contributed by atoms with E-state index in [0.717, 1.165) is 44.0 Å². The lowest BCUT2D eigenvalue weighted by Crippen LogP contribution is -2.08. The van der Waals surface area contributed by atoms with E-state index in [2.05, 4.69) is 0 Å². The summed E-state index contributed by atoms with van der Waals surface area (Å²) in [6.07, 6.45) is 0. The number of aromatic hydroxyl groups is 2. The van der Waals surface area contributed by atoms with Gasteiger partial charge in [-0.25, -0.2) is 0 Å². The molecule has 0 aromatic heterocycles. The van der Waals surface area contributed by atoms with Crippen LogP contribution in [0, 0.1) is 0 Å². The molecule has 0 atom stereocenters. The number of fused-ring (bicyclic) bond motifs is 1. The summed E-state index contributed by atoms with van der Waals surface area (Å²) in [5.74, 6) is 2.03. The SMILES string of the molecule is COc1ccc(C2c3c(OC)ccc4ccc(O)c(c34)-c3c(O)ccc4ccc(OC)c2c34)cc1. The second-order valence-electron chi connectivity index (χ2n) is 8.68. The highest BCUT2D eigenvalue weighted by Gasteiger charge is 2.34. The average molecular weight is 465 g/mol. The van der Waals surface area contributed by atoms with Crippen LogP contribution in [0.25, 0.3) is 32.7 Å². The van der Waals surface area contributed by atoms with Gasteiger partial charge in [0.15, 0.2) is 0 Å². The number of methoxy groups -OCH3 is 3. The minimum Gasteiger partial charge on any atom is -0.507 e. The molecule has 0 radical (unpaired) electrons. The van der Waals surface area contributed by atoms with E-state index >= 15 is 0 Å². The molecule has 0 unspecified atom stereocenters. The highest BCUT2D eigenvalue weighted by molar-refractivity contribution is 6.15. The van der Waals surface area contributed by atoms with Crippen LogP contribution in [0.3, 0.4) is 0 Å². The van der Waals surface area contributed by atoms with Gasteiger partial charge in [-0.3, -0.25) is 0 Å². The zero-order chi connectivity index (χ0) is 24.3. The monoisotopic (exact) mass is 464 g/mol. The van der Waals surface area contributed by atoms with Crippen LogP contribution in [0.2, 0.25) is 0 Å². The molecule has 1 aliphatic carbocycles. The van der Waals surface area contributed by atoms with Crippen LogP contribution in [0.1, 0.15) is 22.6 Å². The summed E-state index contributed by atoms with van der Waals surface area (Å²) in [5, 5.41) is 26.0. The average Bonchev–Trinajstić information content (AvgIpc) is 3.04. The molecule has 174 valence electrons. The Hall–Kier alpha value is -4.38. The Labute approximate surface area is 202 Å². The maximum absolute atomic E-state index is 11.2. The zero-order valence-corrected chi connectivity index (χ0v) is 19.6. The van der Waals surface area contributed by atoms with Gasteiger partial charge in [0.1, 0.15) is 28.7 Å². The summed E-state index contributed by atoms with van der Waals surface area (Å²) in [7, 11) is 4.95. The van der Waals surface area contributed by atoms with Gasteiger partial charge in [0.25, 0.3) is 0 Å². The molecule has 2 N–H and O–H groups in total. The third kappa shape index (κ3) is 2.94. The van der Waals surface area contributed by atoms with E-state index in [4.69, 9.17) is 14.2 Å². The van der Waals surface area contributed by atoms with E-state index in [-0.39, 0.29) is 17.4 Å². The third-order valence-electron chi connectivity index (χ3n) is 7.05. The number of phenolic OH excluding ortho intramolecular Hbond substituents is 2. The Morgan fingerprint density at radius 1 is 0.543 bits per heavy atom. The fourth-order valence-corrected chi connectivity index (χ4v) is 5.54. The first-order valence-corrected chi connectivity index (χ1v) is 11.4. The highest BCUT2D eigenvalue weighted by atomic mass is 16.5. The minimum absolute atomic E-state index is 0.0963. The van der Waals surface area contributed by atoms with Crippen LogP contribution < -0.4 is 14.2 Å². The van der Waals surface area contributed by atoms with Crippen molar-refractivity contribution < 1.29 is 24.4 Å². The largest absolute Gasteiger partial charge is 0.507 e. The van der Waals surface area contributed by atoms with Crippen molar-refractivity contribution in [3.63, 3.8) is 0 Å². The summed E-state index contributed by atoms with van der Waals surface area (Å²) >= 11 is 0. The van der Waals surface area contributed by atoms with Crippen LogP contribution in [-0.4, -0.2) is 31.5 Å². The normalized spacial score (nSPS) is 12.5. The molecule has 0 spiro atoms. The van der Waals surface area contributed by atoms with Crippen LogP contribution in [-0.2, 0) is 0 Å². The predicted octanol–water partition coefficient (Wildman–Crippen LogP) is 6.59. The van der Waals surface area contributed by atoms with E-state index in [0.29, 0.717) is 22.6 Å². The van der Waals surface area contributed by atoms with E-state index in [1.54, 1.807) is 33.5 Å². The van der Waals surface area contributed by atoms with Gasteiger partial charge in [-0.1, -0.05) is 36.4 Å². The molecule has 0 aliphatic heterocycles. The molecular formula is C30H24O5. The molecule has 0 fully saturated rings. The highest BCUT2D eigenvalue weighted by Crippen LogP contribution is 2.57. The third-order valence-corrected chi connectivity index (χ3v) is 7.05. The molecule has 5 heteroatoms. The van der Waals surface area contributed by atoms with Crippen LogP contribution >= 0.6 is 0 Å². The second kappa shape index (κ2) is 7.84. The van der Waals surface area contributed by atoms with E-state index < -0.39 is 0 Å². The molecule has 0 bridgehead atoms. The number of phenols is 2. The molecule has 5 nitrogen and oxygen atoms in total. The Kier molecular flexibility index (Phi) is 4.74. The van der Waals surface area contributed by atoms with E-state index in [9.17, 15) is 10.2 Å². The summed E-state index contributed by atoms with van der Waals surface area (Å²) in [6, 6.07) is 23.0. The fraction of sp³-hybridized carbons (Fsp3) is 0.133. The lowest BCUT2D eigenvalue weighted by Gasteiger charge is -2.25. The first kappa shape index (κ1) is 21.2. The molecule has 1 aliphatic rings. The van der Waals surface area contributed by atoms with Crippen molar-refractivity contribution in [1.29, 1.82) is 0 Å². The second-order valence-corrected chi connectivity index (χ2v) is 8.68. The van der Waals surface area contributed by atoms with Gasteiger partial charge in [0.05, 0.1) is 21.3 Å². The molecule has 5 aromatic carbocycles. The molecule has 5 aromatic rings. The fourth-order valence-electron chi connectivity index (χ4n) is 5.54. The molecule has 0 saturated carbocycles. The quantitative estimate of drug-likeness (QED) is 0.308. The Morgan fingerprint density at radius 3 is 1.43 bits per heavy atom. The van der Waals surface area contributed by atoms with E-state index in [1.165, 1.54) is 0 Å². The van der Waals surface area contributed by atoms with Crippen LogP contribution in [0.15, 0.2) is 72.8 Å². The van der Waals surface area contributed by atoms with Crippen LogP contribution in [0.4, 0.5) is 0 Å². The maximum Gasteiger partial charge on any atom is 0.124 e. The number of rotatable bonds is 4. The summed E-state index contributed by atoms with van der Waals surface area (Å²) in [4.78, 5) is 0. The Morgan fingerprint density at radius 2 is 1.00 bits per heavy atom. The lowest BCUT2D eigenvalue weighted by molar-refractivity contribution is 0.404. The van der Waals surface area contributed by atoms with Crippen molar-refractivity contribution in [2.24, 2.45) is 0 Å². The van der Waals surface area contributed by atoms with Crippen LogP contribution in [0.5, 0.6) is 28.7 Å². The van der Waals surface area contributed by atoms with Crippen molar-refractivity contribution in [2.45, 2.75) is 5.92 Å². The van der Waals surface area contributed by atoms with Crippen molar-refractivity contribution >= 4 is 21.5 Å². The number of ether oxygens (including phenoxy) is 3. The van der Waals surface area contributed by atoms with Crippen molar-refractivity contribution in [2.75, 3.05) is 21.3 Å². The van der Waals surface area contributed by atoms with Gasteiger partial charge in [0, 0.05) is 38.9 Å². The Balaban J connectivity index is 1.91. The minimum atomic E-state index is -0.304. The Bertz CT molecular complexity index is 1520.